The van der Waals surface area contributed by atoms with E-state index >= 15 is 0 Å². The third kappa shape index (κ3) is 3.18. The van der Waals surface area contributed by atoms with E-state index in [2.05, 4.69) is 5.32 Å². The van der Waals surface area contributed by atoms with Gasteiger partial charge in [0.15, 0.2) is 6.29 Å². The number of carbonyl (C=O) groups excluding carboxylic acids is 1. The topological polar surface area (TPSA) is 88.2 Å². The fourth-order valence-electron chi connectivity index (χ4n) is 1.26. The Hall–Kier alpha value is -1.36. The summed E-state index contributed by atoms with van der Waals surface area (Å²) in [6.07, 6.45) is 4.08. The van der Waals surface area contributed by atoms with Crippen molar-refractivity contribution in [2.75, 3.05) is 13.2 Å². The number of hydrogen-bond acceptors (Lipinski definition) is 4. The molecule has 0 saturated carbocycles. The molecular weight excluding hydrogens is 182 g/mol. The molecule has 0 unspecified atom stereocenters. The molecule has 1 aliphatic rings. The minimum atomic E-state index is -0.218. The zero-order valence-electron chi connectivity index (χ0n) is 7.95. The first-order chi connectivity index (χ1) is 6.74. The first-order valence-corrected chi connectivity index (χ1v) is 4.57. The fraction of sp³-hybridized carbons (Fsp3) is 0.556. The maximum absolute atomic E-state index is 10.5. The second-order valence-electron chi connectivity index (χ2n) is 3.21. The standard InChI is InChI=1S/C9H15N3O2/c10-9(11)7(5-13)4-12-8-2-1-3-14-6-8/h4-5,8,12H,1-3,6H2,(H3,10,11)/b7-4-/t8-/m1/s1. The van der Waals surface area contributed by atoms with Gasteiger partial charge in [-0.2, -0.15) is 0 Å². The number of nitrogens with two attached hydrogens (primary N) is 1. The highest BCUT2D eigenvalue weighted by Gasteiger charge is 2.11. The Morgan fingerprint density at radius 2 is 2.43 bits per heavy atom. The lowest BCUT2D eigenvalue weighted by Crippen LogP contribution is -2.34. The Kier molecular flexibility index (Phi) is 4.12. The molecule has 0 aromatic rings. The van der Waals surface area contributed by atoms with Gasteiger partial charge in [0.25, 0.3) is 0 Å². The van der Waals surface area contributed by atoms with Gasteiger partial charge < -0.3 is 15.8 Å². The Morgan fingerprint density at radius 3 is 2.93 bits per heavy atom. The van der Waals surface area contributed by atoms with Crippen LogP contribution in [0.25, 0.3) is 0 Å². The molecule has 1 fully saturated rings. The maximum Gasteiger partial charge on any atom is 0.155 e. The first kappa shape index (κ1) is 10.7. The van der Waals surface area contributed by atoms with Gasteiger partial charge in [-0.1, -0.05) is 0 Å². The summed E-state index contributed by atoms with van der Waals surface area (Å²) in [5.41, 5.74) is 5.35. The van der Waals surface area contributed by atoms with Gasteiger partial charge in [0.1, 0.15) is 5.84 Å². The van der Waals surface area contributed by atoms with Crippen LogP contribution in [-0.4, -0.2) is 31.4 Å². The number of ether oxygens (including phenoxy) is 1. The van der Waals surface area contributed by atoms with Crippen LogP contribution in [0.1, 0.15) is 12.8 Å². The number of aldehydes is 1. The summed E-state index contributed by atoms with van der Waals surface area (Å²) >= 11 is 0. The Balaban J connectivity index is 2.42. The summed E-state index contributed by atoms with van der Waals surface area (Å²) in [4.78, 5) is 10.5. The first-order valence-electron chi connectivity index (χ1n) is 4.57. The largest absolute Gasteiger partial charge is 0.385 e. The summed E-state index contributed by atoms with van der Waals surface area (Å²) in [7, 11) is 0. The molecule has 1 aliphatic heterocycles. The quantitative estimate of drug-likeness (QED) is 0.251. The molecule has 1 atom stereocenters. The molecule has 0 amide bonds. The molecule has 4 N–H and O–H groups in total. The van der Waals surface area contributed by atoms with Crippen LogP contribution in [-0.2, 0) is 9.53 Å². The predicted octanol–water partition coefficient (Wildman–Crippen LogP) is -0.226. The van der Waals surface area contributed by atoms with Crippen molar-refractivity contribution in [1.29, 1.82) is 5.41 Å². The molecule has 0 radical (unpaired) electrons. The molecular formula is C9H15N3O2. The number of hydrogen-bond donors (Lipinski definition) is 3. The number of amidine groups is 1. The lowest BCUT2D eigenvalue weighted by Gasteiger charge is -2.22. The van der Waals surface area contributed by atoms with Gasteiger partial charge in [-0.15, -0.1) is 0 Å². The Labute approximate surface area is 82.8 Å². The van der Waals surface area contributed by atoms with Crippen molar-refractivity contribution in [2.45, 2.75) is 18.9 Å². The molecule has 5 heteroatoms. The molecule has 0 bridgehead atoms. The third-order valence-electron chi connectivity index (χ3n) is 2.07. The van der Waals surface area contributed by atoms with E-state index in [1.807, 2.05) is 0 Å². The van der Waals surface area contributed by atoms with Crippen LogP contribution in [0.5, 0.6) is 0 Å². The molecule has 1 saturated heterocycles. The molecule has 0 spiro atoms. The molecule has 0 aromatic carbocycles. The van der Waals surface area contributed by atoms with Gasteiger partial charge in [-0.05, 0) is 12.8 Å². The maximum atomic E-state index is 10.5. The van der Waals surface area contributed by atoms with Crippen LogP contribution in [0.2, 0.25) is 0 Å². The zero-order valence-corrected chi connectivity index (χ0v) is 7.95. The lowest BCUT2D eigenvalue weighted by molar-refractivity contribution is -0.104. The van der Waals surface area contributed by atoms with E-state index in [1.54, 1.807) is 0 Å². The minimum Gasteiger partial charge on any atom is -0.385 e. The smallest absolute Gasteiger partial charge is 0.155 e. The van der Waals surface area contributed by atoms with Crippen LogP contribution >= 0.6 is 0 Å². The molecule has 14 heavy (non-hydrogen) atoms. The van der Waals surface area contributed by atoms with Crippen LogP contribution in [0, 0.1) is 5.41 Å². The van der Waals surface area contributed by atoms with Crippen LogP contribution in [0.15, 0.2) is 11.8 Å². The number of carbonyl (C=O) groups is 1. The number of rotatable bonds is 4. The van der Waals surface area contributed by atoms with Gasteiger partial charge in [-0.25, -0.2) is 0 Å². The van der Waals surface area contributed by atoms with E-state index in [-0.39, 0.29) is 17.5 Å². The van der Waals surface area contributed by atoms with E-state index in [4.69, 9.17) is 15.9 Å². The predicted molar refractivity (Wildman–Crippen MR) is 53.0 cm³/mol. The Bertz CT molecular complexity index is 244. The third-order valence-corrected chi connectivity index (χ3v) is 2.07. The lowest BCUT2D eigenvalue weighted by atomic mass is 10.1. The van der Waals surface area contributed by atoms with Crippen LogP contribution in [0.3, 0.4) is 0 Å². The second-order valence-corrected chi connectivity index (χ2v) is 3.21. The fourth-order valence-corrected chi connectivity index (χ4v) is 1.26. The van der Waals surface area contributed by atoms with Crippen molar-refractivity contribution in [3.8, 4) is 0 Å². The van der Waals surface area contributed by atoms with Gasteiger partial charge in [0.05, 0.1) is 12.2 Å². The number of nitrogens with one attached hydrogen (secondary N) is 2. The van der Waals surface area contributed by atoms with Gasteiger partial charge >= 0.3 is 0 Å². The normalized spacial score (nSPS) is 22.9. The van der Waals surface area contributed by atoms with Crippen LogP contribution < -0.4 is 11.1 Å². The summed E-state index contributed by atoms with van der Waals surface area (Å²) in [5, 5.41) is 10.1. The molecule has 5 nitrogen and oxygen atoms in total. The summed E-state index contributed by atoms with van der Waals surface area (Å²) in [5.74, 6) is -0.218. The minimum absolute atomic E-state index is 0.176. The van der Waals surface area contributed by atoms with E-state index in [0.717, 1.165) is 19.4 Å². The Morgan fingerprint density at radius 1 is 1.64 bits per heavy atom. The van der Waals surface area contributed by atoms with Gasteiger partial charge in [0.2, 0.25) is 0 Å². The van der Waals surface area contributed by atoms with Crippen molar-refractivity contribution in [3.05, 3.63) is 11.8 Å². The van der Waals surface area contributed by atoms with Crippen molar-refractivity contribution < 1.29 is 9.53 Å². The van der Waals surface area contributed by atoms with Crippen LogP contribution in [0.4, 0.5) is 0 Å². The highest BCUT2D eigenvalue weighted by atomic mass is 16.5. The second kappa shape index (κ2) is 5.39. The SMILES string of the molecule is N=C(N)/C(C=O)=C\N[C@@H]1CCCOC1. The average molecular weight is 197 g/mol. The molecule has 1 rings (SSSR count). The highest BCUT2D eigenvalue weighted by Crippen LogP contribution is 2.05. The zero-order chi connectivity index (χ0) is 10.4. The van der Waals surface area contributed by atoms with Gasteiger partial charge in [0, 0.05) is 18.8 Å². The van der Waals surface area contributed by atoms with E-state index in [9.17, 15) is 4.79 Å². The monoisotopic (exact) mass is 197 g/mol. The molecule has 1 heterocycles. The van der Waals surface area contributed by atoms with Gasteiger partial charge in [-0.3, -0.25) is 10.2 Å². The van der Waals surface area contributed by atoms with Crippen molar-refractivity contribution in [3.63, 3.8) is 0 Å². The molecule has 0 aromatic heterocycles. The van der Waals surface area contributed by atoms with E-state index < -0.39 is 0 Å². The van der Waals surface area contributed by atoms with E-state index in [0.29, 0.717) is 12.9 Å². The highest BCUT2D eigenvalue weighted by molar-refractivity contribution is 6.11. The molecule has 78 valence electrons. The van der Waals surface area contributed by atoms with Crippen molar-refractivity contribution >= 4 is 12.1 Å². The average Bonchev–Trinajstić information content (AvgIpc) is 2.20. The van der Waals surface area contributed by atoms with Crippen molar-refractivity contribution in [2.24, 2.45) is 5.73 Å². The van der Waals surface area contributed by atoms with Crippen molar-refractivity contribution in [1.82, 2.24) is 5.32 Å². The van der Waals surface area contributed by atoms with E-state index in [1.165, 1.54) is 6.20 Å². The summed E-state index contributed by atoms with van der Waals surface area (Å²) in [6, 6.07) is 0.220. The molecule has 0 aliphatic carbocycles. The summed E-state index contributed by atoms with van der Waals surface area (Å²) < 4.78 is 5.24. The summed E-state index contributed by atoms with van der Waals surface area (Å²) in [6.45, 7) is 1.44.